The maximum atomic E-state index is 13.6. The van der Waals surface area contributed by atoms with Crippen molar-refractivity contribution < 1.29 is 9.53 Å². The average Bonchev–Trinajstić information content (AvgIpc) is 3.35. The van der Waals surface area contributed by atoms with Gasteiger partial charge in [-0.25, -0.2) is 4.98 Å². The predicted octanol–water partition coefficient (Wildman–Crippen LogP) is 7.01. The first-order valence-corrected chi connectivity index (χ1v) is 14.9. The first-order valence-electron chi connectivity index (χ1n) is 14.9. The number of morpholine rings is 1. The summed E-state index contributed by atoms with van der Waals surface area (Å²) in [4.78, 5) is 20.5. The first-order chi connectivity index (χ1) is 20.2. The fraction of sp³-hybridized carbons (Fsp3) is 0.314. The molecule has 1 aliphatic heterocycles. The number of aromatic nitrogens is 2. The number of pyridine rings is 1. The number of carbonyl (C=O) groups excluding carboxylic acids is 1. The van der Waals surface area contributed by atoms with Crippen LogP contribution in [0.25, 0.3) is 44.3 Å². The number of benzene rings is 3. The van der Waals surface area contributed by atoms with Gasteiger partial charge in [-0.05, 0) is 66.3 Å². The third kappa shape index (κ3) is 4.97. The Morgan fingerprint density at radius 2 is 1.71 bits per heavy atom. The Balaban J connectivity index is 1.37. The van der Waals surface area contributed by atoms with Gasteiger partial charge in [0.05, 0.1) is 30.1 Å². The topological polar surface area (TPSA) is 73.4 Å². The summed E-state index contributed by atoms with van der Waals surface area (Å²) in [6.45, 7) is 2.84. The van der Waals surface area contributed by atoms with E-state index in [2.05, 4.69) is 59.2 Å². The van der Waals surface area contributed by atoms with E-state index >= 15 is 0 Å². The summed E-state index contributed by atoms with van der Waals surface area (Å²) in [5.74, 6) is 0.642. The zero-order chi connectivity index (χ0) is 27.8. The smallest absolute Gasteiger partial charge is 0.242 e. The molecule has 0 bridgehead atoms. The second kappa shape index (κ2) is 11.0. The molecule has 3 aromatic carbocycles. The van der Waals surface area contributed by atoms with Gasteiger partial charge in [0.1, 0.15) is 6.54 Å². The minimum atomic E-state index is 0.153. The van der Waals surface area contributed by atoms with Crippen LogP contribution in [0.2, 0.25) is 0 Å². The van der Waals surface area contributed by atoms with E-state index in [1.165, 1.54) is 48.7 Å². The Bertz CT molecular complexity index is 1730. The van der Waals surface area contributed by atoms with Crippen LogP contribution in [0.5, 0.6) is 0 Å². The van der Waals surface area contributed by atoms with E-state index in [-0.39, 0.29) is 5.91 Å². The average molecular weight is 545 g/mol. The summed E-state index contributed by atoms with van der Waals surface area (Å²) < 4.78 is 7.80. The first kappa shape index (κ1) is 25.8. The number of nitrogen functional groups attached to an aromatic ring is 1. The quantitative estimate of drug-likeness (QED) is 0.242. The van der Waals surface area contributed by atoms with Gasteiger partial charge in [-0.2, -0.15) is 0 Å². The molecule has 2 N–H and O–H groups in total. The third-order valence-electron chi connectivity index (χ3n) is 8.83. The van der Waals surface area contributed by atoms with Gasteiger partial charge in [0.25, 0.3) is 0 Å². The van der Waals surface area contributed by atoms with Crippen LogP contribution in [0.1, 0.15) is 43.6 Å². The van der Waals surface area contributed by atoms with Crippen LogP contribution in [-0.2, 0) is 16.1 Å². The molecule has 0 unspecified atom stereocenters. The molecule has 0 spiro atoms. The van der Waals surface area contributed by atoms with Crippen LogP contribution in [0, 0.1) is 0 Å². The lowest BCUT2D eigenvalue weighted by Gasteiger charge is -2.28. The summed E-state index contributed by atoms with van der Waals surface area (Å²) in [5, 5.41) is 2.36. The molecule has 3 heterocycles. The second-order valence-corrected chi connectivity index (χ2v) is 11.4. The summed E-state index contributed by atoms with van der Waals surface area (Å²) in [6, 6.07) is 27.3. The van der Waals surface area contributed by atoms with Crippen molar-refractivity contribution in [1.29, 1.82) is 0 Å². The number of rotatable bonds is 5. The Hall–Kier alpha value is -4.16. The molecule has 41 heavy (non-hydrogen) atoms. The number of amides is 1. The summed E-state index contributed by atoms with van der Waals surface area (Å²) in [5.41, 5.74) is 14.5. The number of nitrogens with two attached hydrogens (primary N) is 1. The number of anilines is 1. The van der Waals surface area contributed by atoms with Crippen molar-refractivity contribution in [2.75, 3.05) is 32.0 Å². The van der Waals surface area contributed by atoms with Gasteiger partial charge < -0.3 is 19.9 Å². The molecule has 2 aliphatic rings. The van der Waals surface area contributed by atoms with Crippen molar-refractivity contribution in [3.63, 3.8) is 0 Å². The van der Waals surface area contributed by atoms with E-state index < -0.39 is 0 Å². The van der Waals surface area contributed by atoms with Crippen LogP contribution in [0.4, 0.5) is 5.69 Å². The normalized spacial score (nSPS) is 16.4. The molecule has 5 aromatic rings. The molecular formula is C35H36N4O2. The zero-order valence-electron chi connectivity index (χ0n) is 23.4. The maximum Gasteiger partial charge on any atom is 0.242 e. The van der Waals surface area contributed by atoms with E-state index in [1.54, 1.807) is 0 Å². The minimum Gasteiger partial charge on any atom is -0.399 e. The van der Waals surface area contributed by atoms with Crippen molar-refractivity contribution in [3.8, 4) is 22.5 Å². The highest BCUT2D eigenvalue weighted by Gasteiger charge is 2.28. The molecule has 6 heteroatoms. The molecule has 1 amide bonds. The summed E-state index contributed by atoms with van der Waals surface area (Å²) in [6.07, 6.45) is 6.20. The third-order valence-corrected chi connectivity index (χ3v) is 8.83. The molecule has 0 radical (unpaired) electrons. The van der Waals surface area contributed by atoms with Crippen molar-refractivity contribution in [3.05, 3.63) is 84.4 Å². The highest BCUT2D eigenvalue weighted by atomic mass is 16.5. The molecule has 0 atom stereocenters. The lowest BCUT2D eigenvalue weighted by molar-refractivity contribution is -0.135. The standard InChI is InChI=1S/C35H36N4O2/c36-28-10-6-9-25(22-28)30-15-13-26-21-27(14-16-31(26)37-30)35-34(24-7-2-1-3-8-24)29-11-4-5-12-32(29)39(35)23-33(40)38-17-19-41-20-18-38/h4-6,9-16,21-22,24H,1-3,7-8,17-20,23,36H2. The Morgan fingerprint density at radius 1 is 0.878 bits per heavy atom. The van der Waals surface area contributed by atoms with Gasteiger partial charge in [0, 0.05) is 40.6 Å². The van der Waals surface area contributed by atoms with E-state index in [1.807, 2.05) is 29.2 Å². The SMILES string of the molecule is Nc1cccc(-c2ccc3cc(-c4c(C5CCCCC5)c5ccccc5n4CC(=O)N4CCOCC4)ccc3n2)c1. The van der Waals surface area contributed by atoms with Crippen LogP contribution < -0.4 is 5.73 Å². The van der Waals surface area contributed by atoms with Crippen LogP contribution in [0.15, 0.2) is 78.9 Å². The van der Waals surface area contributed by atoms with E-state index in [0.29, 0.717) is 38.8 Å². The monoisotopic (exact) mass is 544 g/mol. The molecule has 1 aliphatic carbocycles. The summed E-state index contributed by atoms with van der Waals surface area (Å²) >= 11 is 0. The van der Waals surface area contributed by atoms with Crippen LogP contribution in [0.3, 0.4) is 0 Å². The van der Waals surface area contributed by atoms with Gasteiger partial charge in [0.2, 0.25) is 5.91 Å². The van der Waals surface area contributed by atoms with Gasteiger partial charge >= 0.3 is 0 Å². The Kier molecular flexibility index (Phi) is 6.93. The molecule has 2 aromatic heterocycles. The molecule has 7 rings (SSSR count). The van der Waals surface area contributed by atoms with Crippen LogP contribution >= 0.6 is 0 Å². The van der Waals surface area contributed by atoms with Crippen molar-refractivity contribution in [1.82, 2.24) is 14.5 Å². The lowest BCUT2D eigenvalue weighted by Crippen LogP contribution is -2.42. The molecule has 6 nitrogen and oxygen atoms in total. The van der Waals surface area contributed by atoms with Crippen molar-refractivity contribution in [2.24, 2.45) is 0 Å². The number of ether oxygens (including phenoxy) is 1. The molecule has 2 fully saturated rings. The van der Waals surface area contributed by atoms with E-state index in [9.17, 15) is 4.79 Å². The van der Waals surface area contributed by atoms with E-state index in [4.69, 9.17) is 15.5 Å². The highest BCUT2D eigenvalue weighted by Crippen LogP contribution is 2.44. The number of fused-ring (bicyclic) bond motifs is 2. The molecule has 1 saturated heterocycles. The van der Waals surface area contributed by atoms with Gasteiger partial charge in [-0.1, -0.05) is 61.7 Å². The Labute approximate surface area is 240 Å². The predicted molar refractivity (Wildman–Crippen MR) is 166 cm³/mol. The van der Waals surface area contributed by atoms with Gasteiger partial charge in [-0.3, -0.25) is 4.79 Å². The molecule has 208 valence electrons. The van der Waals surface area contributed by atoms with Crippen molar-refractivity contribution >= 4 is 33.4 Å². The Morgan fingerprint density at radius 3 is 2.54 bits per heavy atom. The minimum absolute atomic E-state index is 0.153. The highest BCUT2D eigenvalue weighted by molar-refractivity contribution is 5.96. The molecular weight excluding hydrogens is 508 g/mol. The fourth-order valence-electron chi connectivity index (χ4n) is 6.79. The van der Waals surface area contributed by atoms with Gasteiger partial charge in [-0.15, -0.1) is 0 Å². The maximum absolute atomic E-state index is 13.6. The number of hydrogen-bond donors (Lipinski definition) is 1. The summed E-state index contributed by atoms with van der Waals surface area (Å²) in [7, 11) is 0. The number of hydrogen-bond acceptors (Lipinski definition) is 4. The zero-order valence-corrected chi connectivity index (χ0v) is 23.4. The van der Waals surface area contributed by atoms with E-state index in [0.717, 1.165) is 38.9 Å². The fourth-order valence-corrected chi connectivity index (χ4v) is 6.79. The van der Waals surface area contributed by atoms with Crippen molar-refractivity contribution in [2.45, 2.75) is 44.6 Å². The van der Waals surface area contributed by atoms with Gasteiger partial charge in [0.15, 0.2) is 0 Å². The number of para-hydroxylation sites is 1. The second-order valence-electron chi connectivity index (χ2n) is 11.4. The molecule has 1 saturated carbocycles. The van der Waals surface area contributed by atoms with Crippen LogP contribution in [-0.4, -0.2) is 46.7 Å². The number of nitrogens with zero attached hydrogens (tertiary/aromatic N) is 3. The number of carbonyl (C=O) groups is 1. The lowest BCUT2D eigenvalue weighted by atomic mass is 9.82. The largest absolute Gasteiger partial charge is 0.399 e.